The van der Waals surface area contributed by atoms with Gasteiger partial charge in [0.1, 0.15) is 0 Å². The van der Waals surface area contributed by atoms with Crippen LogP contribution in [-0.2, 0) is 9.59 Å². The molecule has 2 aliphatic rings. The topological polar surface area (TPSA) is 74.8 Å². The molecular weight excluding hydrogens is 296 g/mol. The number of carbonyl (C=O) groups is 4. The molecule has 0 N–H and O–H groups in total. The summed E-state index contributed by atoms with van der Waals surface area (Å²) in [6.07, 6.45) is 2.50. The van der Waals surface area contributed by atoms with Gasteiger partial charge in [0, 0.05) is 26.2 Å². The maximum atomic E-state index is 11.3. The quantitative estimate of drug-likeness (QED) is 0.688. The lowest BCUT2D eigenvalue weighted by Gasteiger charge is -2.02. The highest BCUT2D eigenvalue weighted by atomic mass is 16.2. The monoisotopic (exact) mass is 320 g/mol. The van der Waals surface area contributed by atoms with Gasteiger partial charge >= 0.3 is 0 Å². The summed E-state index contributed by atoms with van der Waals surface area (Å²) >= 11 is 0. The normalized spacial score (nSPS) is 14.3. The SMILES string of the molecule is C.C.C.CN1C(=O)C=CC1=O.CN1C(=O)c2ccccc2C1=O. The van der Waals surface area contributed by atoms with E-state index in [0.717, 1.165) is 9.80 Å². The molecule has 0 radical (unpaired) electrons. The van der Waals surface area contributed by atoms with Crippen molar-refractivity contribution in [1.82, 2.24) is 9.80 Å². The maximum absolute atomic E-state index is 11.3. The number of benzene rings is 1. The Balaban J connectivity index is 0. The Morgan fingerprint density at radius 1 is 0.652 bits per heavy atom. The highest BCUT2D eigenvalue weighted by Gasteiger charge is 2.31. The van der Waals surface area contributed by atoms with Crippen LogP contribution in [0.25, 0.3) is 0 Å². The van der Waals surface area contributed by atoms with Crippen LogP contribution in [0.4, 0.5) is 0 Å². The number of imide groups is 2. The molecule has 1 aromatic carbocycles. The van der Waals surface area contributed by atoms with Gasteiger partial charge in [-0.1, -0.05) is 34.4 Å². The molecule has 3 rings (SSSR count). The molecule has 0 aliphatic carbocycles. The largest absolute Gasteiger partial charge is 0.279 e. The van der Waals surface area contributed by atoms with Crippen molar-refractivity contribution < 1.29 is 19.2 Å². The van der Waals surface area contributed by atoms with Gasteiger partial charge in [0.15, 0.2) is 0 Å². The lowest BCUT2D eigenvalue weighted by Crippen LogP contribution is -2.24. The van der Waals surface area contributed by atoms with E-state index in [-0.39, 0.29) is 45.9 Å². The van der Waals surface area contributed by atoms with Gasteiger partial charge in [-0.15, -0.1) is 0 Å². The van der Waals surface area contributed by atoms with Crippen molar-refractivity contribution >= 4 is 23.6 Å². The number of fused-ring (bicyclic) bond motifs is 1. The fraction of sp³-hybridized carbons (Fsp3) is 0.294. The van der Waals surface area contributed by atoms with Crippen LogP contribution in [0.3, 0.4) is 0 Å². The van der Waals surface area contributed by atoms with E-state index >= 15 is 0 Å². The summed E-state index contributed by atoms with van der Waals surface area (Å²) in [4.78, 5) is 45.6. The lowest BCUT2D eigenvalue weighted by molar-refractivity contribution is -0.135. The lowest BCUT2D eigenvalue weighted by atomic mass is 10.1. The van der Waals surface area contributed by atoms with Crippen molar-refractivity contribution in [3.63, 3.8) is 0 Å². The number of hydrogen-bond acceptors (Lipinski definition) is 4. The van der Waals surface area contributed by atoms with Gasteiger partial charge in [-0.05, 0) is 12.1 Å². The predicted molar refractivity (Wildman–Crippen MR) is 90.0 cm³/mol. The Labute approximate surface area is 137 Å². The van der Waals surface area contributed by atoms with Gasteiger partial charge in [0.05, 0.1) is 11.1 Å². The molecule has 0 saturated heterocycles. The van der Waals surface area contributed by atoms with Crippen LogP contribution in [0.5, 0.6) is 0 Å². The van der Waals surface area contributed by atoms with Gasteiger partial charge in [-0.25, -0.2) is 0 Å². The minimum Gasteiger partial charge on any atom is -0.279 e. The molecule has 126 valence electrons. The number of amides is 4. The van der Waals surface area contributed by atoms with Crippen molar-refractivity contribution in [2.75, 3.05) is 14.1 Å². The predicted octanol–water partition coefficient (Wildman–Crippen LogP) is 2.36. The zero-order chi connectivity index (χ0) is 14.9. The smallest absolute Gasteiger partial charge is 0.261 e. The van der Waals surface area contributed by atoms with E-state index in [1.165, 1.54) is 26.2 Å². The Kier molecular flexibility index (Phi) is 8.45. The van der Waals surface area contributed by atoms with Crippen molar-refractivity contribution in [3.8, 4) is 0 Å². The first-order valence-corrected chi connectivity index (χ1v) is 5.84. The summed E-state index contributed by atoms with van der Waals surface area (Å²) < 4.78 is 0. The third-order valence-corrected chi connectivity index (χ3v) is 3.03. The van der Waals surface area contributed by atoms with Crippen LogP contribution in [0.15, 0.2) is 36.4 Å². The number of carbonyl (C=O) groups excluding carboxylic acids is 4. The van der Waals surface area contributed by atoms with E-state index in [1.807, 2.05) is 0 Å². The number of likely N-dealkylation sites (N-methyl/N-ethyl adjacent to an activating group) is 1. The molecule has 0 bridgehead atoms. The van der Waals surface area contributed by atoms with Crippen molar-refractivity contribution in [1.29, 1.82) is 0 Å². The van der Waals surface area contributed by atoms with E-state index in [1.54, 1.807) is 24.3 Å². The van der Waals surface area contributed by atoms with Crippen LogP contribution < -0.4 is 0 Å². The molecule has 0 spiro atoms. The molecule has 0 atom stereocenters. The van der Waals surface area contributed by atoms with E-state index in [0.29, 0.717) is 11.1 Å². The van der Waals surface area contributed by atoms with Crippen molar-refractivity contribution in [3.05, 3.63) is 47.5 Å². The molecule has 4 amide bonds. The third kappa shape index (κ3) is 4.12. The summed E-state index contributed by atoms with van der Waals surface area (Å²) in [5.74, 6) is -0.906. The van der Waals surface area contributed by atoms with Crippen LogP contribution in [0, 0.1) is 0 Å². The van der Waals surface area contributed by atoms with Crippen LogP contribution >= 0.6 is 0 Å². The molecule has 2 heterocycles. The highest BCUT2D eigenvalue weighted by molar-refractivity contribution is 6.21. The molecule has 6 heteroatoms. The first-order valence-electron chi connectivity index (χ1n) is 5.84. The third-order valence-electron chi connectivity index (χ3n) is 3.03. The van der Waals surface area contributed by atoms with Crippen LogP contribution in [0.2, 0.25) is 0 Å². The van der Waals surface area contributed by atoms with Crippen molar-refractivity contribution in [2.24, 2.45) is 0 Å². The minimum atomic E-state index is -0.241. The van der Waals surface area contributed by atoms with Gasteiger partial charge in [-0.2, -0.15) is 0 Å². The zero-order valence-electron chi connectivity index (χ0n) is 11.0. The number of rotatable bonds is 0. The van der Waals surface area contributed by atoms with Gasteiger partial charge in [0.2, 0.25) is 0 Å². The summed E-state index contributed by atoms with van der Waals surface area (Å²) in [5, 5.41) is 0. The number of nitrogens with zero attached hydrogens (tertiary/aromatic N) is 2. The van der Waals surface area contributed by atoms with E-state index in [2.05, 4.69) is 0 Å². The molecule has 6 nitrogen and oxygen atoms in total. The fourth-order valence-corrected chi connectivity index (χ4v) is 1.78. The fourth-order valence-electron chi connectivity index (χ4n) is 1.78. The summed E-state index contributed by atoms with van der Waals surface area (Å²) in [5.41, 5.74) is 1.01. The average Bonchev–Trinajstić information content (AvgIpc) is 2.87. The Morgan fingerprint density at radius 2 is 1.00 bits per heavy atom. The van der Waals surface area contributed by atoms with Gasteiger partial charge in [0.25, 0.3) is 23.6 Å². The Hall–Kier alpha value is -2.76. The Bertz CT molecular complexity index is 597. The second-order valence-electron chi connectivity index (χ2n) is 4.28. The number of hydrogen-bond donors (Lipinski definition) is 0. The van der Waals surface area contributed by atoms with Crippen LogP contribution in [0.1, 0.15) is 43.0 Å². The molecule has 23 heavy (non-hydrogen) atoms. The molecule has 0 saturated carbocycles. The highest BCUT2D eigenvalue weighted by Crippen LogP contribution is 2.20. The Morgan fingerprint density at radius 3 is 1.26 bits per heavy atom. The molecule has 1 aromatic rings. The first-order chi connectivity index (χ1) is 9.43. The second kappa shape index (κ2) is 8.63. The van der Waals surface area contributed by atoms with E-state index in [4.69, 9.17) is 0 Å². The molecule has 0 fully saturated rings. The molecule has 0 unspecified atom stereocenters. The minimum absolute atomic E-state index is 0. The average molecular weight is 320 g/mol. The molecule has 0 aromatic heterocycles. The standard InChI is InChI=1S/C9H7NO2.C5H5NO2.3CH4/c1-10-8(11)6-4-2-3-5-7(6)9(10)12;1-6-4(7)2-3-5(6)8;;;/h2-5H,1H3;2-3H,1H3;3*1H4. The molecule has 2 aliphatic heterocycles. The first kappa shape index (κ1) is 22.5. The van der Waals surface area contributed by atoms with Crippen LogP contribution in [-0.4, -0.2) is 47.5 Å². The van der Waals surface area contributed by atoms with Crippen molar-refractivity contribution in [2.45, 2.75) is 22.3 Å². The zero-order valence-corrected chi connectivity index (χ0v) is 11.0. The maximum Gasteiger partial charge on any atom is 0.261 e. The van der Waals surface area contributed by atoms with E-state index in [9.17, 15) is 19.2 Å². The van der Waals surface area contributed by atoms with Gasteiger partial charge in [-0.3, -0.25) is 29.0 Å². The summed E-state index contributed by atoms with van der Waals surface area (Å²) in [6.45, 7) is 0. The van der Waals surface area contributed by atoms with E-state index < -0.39 is 0 Å². The second-order valence-corrected chi connectivity index (χ2v) is 4.28. The molecular formula is C17H24N2O4. The summed E-state index contributed by atoms with van der Waals surface area (Å²) in [6, 6.07) is 6.84. The van der Waals surface area contributed by atoms with Gasteiger partial charge < -0.3 is 0 Å². The summed E-state index contributed by atoms with van der Waals surface area (Å²) in [7, 11) is 2.94.